The summed E-state index contributed by atoms with van der Waals surface area (Å²) in [5.74, 6) is 0.890. The number of hydrogen-bond acceptors (Lipinski definition) is 3. The van der Waals surface area contributed by atoms with E-state index in [0.29, 0.717) is 24.5 Å². The van der Waals surface area contributed by atoms with Crippen molar-refractivity contribution in [3.63, 3.8) is 0 Å². The Morgan fingerprint density at radius 2 is 1.79 bits per heavy atom. The van der Waals surface area contributed by atoms with Crippen molar-refractivity contribution in [1.82, 2.24) is 4.90 Å². The first-order chi connectivity index (χ1) is 13.7. The van der Waals surface area contributed by atoms with Gasteiger partial charge < -0.3 is 14.4 Å². The molecule has 0 radical (unpaired) electrons. The van der Waals surface area contributed by atoms with Crippen LogP contribution in [0.1, 0.15) is 16.7 Å². The van der Waals surface area contributed by atoms with Crippen molar-refractivity contribution in [1.29, 1.82) is 0 Å². The number of carbonyl (C=O) groups is 1. The molecule has 0 aromatic heterocycles. The summed E-state index contributed by atoms with van der Waals surface area (Å²) in [7, 11) is 4.72. The molecule has 0 atom stereocenters. The molecule has 0 heterocycles. The van der Waals surface area contributed by atoms with Crippen molar-refractivity contribution in [3.8, 4) is 11.5 Å². The maximum absolute atomic E-state index is 12.9. The second-order valence-electron chi connectivity index (χ2n) is 6.27. The van der Waals surface area contributed by atoms with Crippen LogP contribution in [-0.2, 0) is 17.4 Å². The first kappa shape index (κ1) is 22.6. The molecular weight excluding hydrogens is 407 g/mol. The normalized spacial score (nSPS) is 11.6. The maximum atomic E-state index is 12.9. The van der Waals surface area contributed by atoms with Crippen molar-refractivity contribution >= 4 is 23.6 Å². The zero-order valence-electron chi connectivity index (χ0n) is 16.2. The van der Waals surface area contributed by atoms with Crippen LogP contribution in [0.2, 0.25) is 5.02 Å². The number of rotatable bonds is 7. The number of nitrogens with zero attached hydrogens (tertiary/aromatic N) is 1. The number of hydrogen-bond donors (Lipinski definition) is 0. The molecule has 0 aliphatic rings. The third kappa shape index (κ3) is 6.15. The minimum atomic E-state index is -4.55. The molecule has 0 saturated carbocycles. The molecule has 8 heteroatoms. The zero-order chi connectivity index (χ0) is 21.6. The highest BCUT2D eigenvalue weighted by Crippen LogP contribution is 2.35. The van der Waals surface area contributed by atoms with Crippen molar-refractivity contribution in [2.75, 3.05) is 27.8 Å². The molecule has 2 rings (SSSR count). The zero-order valence-corrected chi connectivity index (χ0v) is 17.0. The van der Waals surface area contributed by atoms with E-state index in [1.165, 1.54) is 23.1 Å². The van der Waals surface area contributed by atoms with E-state index in [2.05, 4.69) is 0 Å². The molecule has 29 heavy (non-hydrogen) atoms. The van der Waals surface area contributed by atoms with Crippen LogP contribution in [-0.4, -0.2) is 38.6 Å². The van der Waals surface area contributed by atoms with Crippen LogP contribution in [0.5, 0.6) is 11.5 Å². The van der Waals surface area contributed by atoms with E-state index in [9.17, 15) is 18.0 Å². The minimum Gasteiger partial charge on any atom is -0.493 e. The van der Waals surface area contributed by atoms with E-state index in [4.69, 9.17) is 21.1 Å². The molecule has 4 nitrogen and oxygen atoms in total. The second kappa shape index (κ2) is 9.69. The Bertz CT molecular complexity index is 897. The number of ether oxygens (including phenoxy) is 2. The summed E-state index contributed by atoms with van der Waals surface area (Å²) in [6, 6.07) is 8.99. The van der Waals surface area contributed by atoms with Crippen LogP contribution in [0.4, 0.5) is 13.2 Å². The van der Waals surface area contributed by atoms with Gasteiger partial charge in [0.2, 0.25) is 5.91 Å². The minimum absolute atomic E-state index is 0.239. The number of benzene rings is 2. The van der Waals surface area contributed by atoms with Crippen molar-refractivity contribution < 1.29 is 27.4 Å². The van der Waals surface area contributed by atoms with E-state index in [1.807, 2.05) is 12.1 Å². The maximum Gasteiger partial charge on any atom is 0.417 e. The lowest BCUT2D eigenvalue weighted by molar-refractivity contribution is -0.137. The molecule has 0 bridgehead atoms. The number of amides is 1. The highest BCUT2D eigenvalue weighted by molar-refractivity contribution is 6.31. The molecule has 1 amide bonds. The monoisotopic (exact) mass is 427 g/mol. The van der Waals surface area contributed by atoms with Crippen molar-refractivity contribution in [2.24, 2.45) is 0 Å². The Balaban J connectivity index is 2.01. The van der Waals surface area contributed by atoms with Gasteiger partial charge in [-0.05, 0) is 47.9 Å². The fourth-order valence-electron chi connectivity index (χ4n) is 2.60. The van der Waals surface area contributed by atoms with Gasteiger partial charge in [0.15, 0.2) is 11.5 Å². The summed E-state index contributed by atoms with van der Waals surface area (Å²) in [5.41, 5.74) is 0.262. The topological polar surface area (TPSA) is 38.8 Å². The summed E-state index contributed by atoms with van der Waals surface area (Å²) >= 11 is 5.60. The number of carbonyl (C=O) groups excluding carboxylic acids is 1. The molecule has 0 aliphatic heterocycles. The highest BCUT2D eigenvalue weighted by atomic mass is 35.5. The average molecular weight is 428 g/mol. The van der Waals surface area contributed by atoms with E-state index < -0.39 is 11.7 Å². The summed E-state index contributed by atoms with van der Waals surface area (Å²) in [6.45, 7) is 0.424. The van der Waals surface area contributed by atoms with Gasteiger partial charge in [0.05, 0.1) is 24.8 Å². The Hall–Kier alpha value is -2.67. The Kier molecular flexibility index (Phi) is 7.56. The van der Waals surface area contributed by atoms with Crippen molar-refractivity contribution in [2.45, 2.75) is 12.6 Å². The lowest BCUT2D eigenvalue weighted by atomic mass is 10.1. The van der Waals surface area contributed by atoms with E-state index in [0.717, 1.165) is 17.7 Å². The van der Waals surface area contributed by atoms with Gasteiger partial charge in [-0.2, -0.15) is 13.2 Å². The van der Waals surface area contributed by atoms with Crippen LogP contribution in [0.15, 0.2) is 42.5 Å². The fraction of sp³-hybridized carbons (Fsp3) is 0.286. The van der Waals surface area contributed by atoms with Gasteiger partial charge in [-0.15, -0.1) is 0 Å². The molecule has 0 N–H and O–H groups in total. The molecule has 2 aromatic rings. The quantitative estimate of drug-likeness (QED) is 0.578. The number of methoxy groups -OCH3 is 2. The summed E-state index contributed by atoms with van der Waals surface area (Å²) in [6.07, 6.45) is -1.41. The predicted octanol–water partition coefficient (Wildman–Crippen LogP) is 5.09. The van der Waals surface area contributed by atoms with Gasteiger partial charge in [-0.3, -0.25) is 4.79 Å². The molecule has 156 valence electrons. The Labute approximate surface area is 172 Å². The molecule has 0 aliphatic carbocycles. The van der Waals surface area contributed by atoms with Crippen molar-refractivity contribution in [3.05, 3.63) is 64.2 Å². The van der Waals surface area contributed by atoms with Crippen LogP contribution in [0.3, 0.4) is 0 Å². The van der Waals surface area contributed by atoms with Crippen LogP contribution in [0.25, 0.3) is 6.08 Å². The molecule has 0 saturated heterocycles. The van der Waals surface area contributed by atoms with Gasteiger partial charge in [0.1, 0.15) is 0 Å². The van der Waals surface area contributed by atoms with Gasteiger partial charge in [0.25, 0.3) is 0 Å². The molecular formula is C21H21ClF3NO3. The van der Waals surface area contributed by atoms with Gasteiger partial charge >= 0.3 is 6.18 Å². The van der Waals surface area contributed by atoms with Gasteiger partial charge in [-0.25, -0.2) is 0 Å². The lowest BCUT2D eigenvalue weighted by Crippen LogP contribution is -2.27. The van der Waals surface area contributed by atoms with E-state index >= 15 is 0 Å². The largest absolute Gasteiger partial charge is 0.493 e. The number of halogens is 4. The smallest absolute Gasteiger partial charge is 0.417 e. The van der Waals surface area contributed by atoms with Gasteiger partial charge in [-0.1, -0.05) is 23.7 Å². The summed E-state index contributed by atoms with van der Waals surface area (Å²) in [5, 5.41) is -0.381. The Morgan fingerprint density at radius 1 is 1.10 bits per heavy atom. The molecule has 2 aromatic carbocycles. The standard InChI is InChI=1S/C21H21ClF3NO3/c1-26(11-10-15-5-8-18(28-2)19(13-15)29-3)20(27)9-6-14-4-7-17(22)16(12-14)21(23,24)25/h4-9,12-13H,10-11H2,1-3H3/b9-6+. The lowest BCUT2D eigenvalue weighted by Gasteiger charge is -2.16. The summed E-state index contributed by atoms with van der Waals surface area (Å²) < 4.78 is 49.2. The second-order valence-corrected chi connectivity index (χ2v) is 6.68. The molecule has 0 spiro atoms. The number of alkyl halides is 3. The SMILES string of the molecule is COc1ccc(CCN(C)C(=O)/C=C/c2ccc(Cl)c(C(F)(F)F)c2)cc1OC. The Morgan fingerprint density at radius 3 is 2.41 bits per heavy atom. The predicted molar refractivity (Wildman–Crippen MR) is 106 cm³/mol. The van der Waals surface area contributed by atoms with Crippen LogP contribution >= 0.6 is 11.6 Å². The van der Waals surface area contributed by atoms with E-state index in [1.54, 1.807) is 27.3 Å². The first-order valence-corrected chi connectivity index (χ1v) is 9.04. The fourth-order valence-corrected chi connectivity index (χ4v) is 2.83. The van der Waals surface area contributed by atoms with Crippen LogP contribution < -0.4 is 9.47 Å². The average Bonchev–Trinajstić information content (AvgIpc) is 2.69. The molecule has 0 fully saturated rings. The van der Waals surface area contributed by atoms with E-state index in [-0.39, 0.29) is 16.5 Å². The summed E-state index contributed by atoms with van der Waals surface area (Å²) in [4.78, 5) is 13.7. The third-order valence-corrected chi connectivity index (χ3v) is 4.60. The van der Waals surface area contributed by atoms with Gasteiger partial charge in [0, 0.05) is 19.7 Å². The third-order valence-electron chi connectivity index (χ3n) is 4.27. The molecule has 0 unspecified atom stereocenters. The first-order valence-electron chi connectivity index (χ1n) is 8.66. The highest BCUT2D eigenvalue weighted by Gasteiger charge is 2.33. The van der Waals surface area contributed by atoms with Crippen LogP contribution in [0, 0.1) is 0 Å². The number of likely N-dealkylation sites (N-methyl/N-ethyl adjacent to an activating group) is 1.